The van der Waals surface area contributed by atoms with Gasteiger partial charge in [-0.15, -0.1) is 0 Å². The molecule has 1 aromatic rings. The fourth-order valence-electron chi connectivity index (χ4n) is 1.17. The number of aryl methyl sites for hydroxylation is 1. The molecular formula is C10H17N3O3S. The predicted octanol–water partition coefficient (Wildman–Crippen LogP) is 1.06. The van der Waals surface area contributed by atoms with Crippen LogP contribution in [0.1, 0.15) is 31.5 Å². The monoisotopic (exact) mass is 259 g/mol. The summed E-state index contributed by atoms with van der Waals surface area (Å²) >= 11 is 1.54. The second kappa shape index (κ2) is 7.29. The van der Waals surface area contributed by atoms with E-state index in [0.29, 0.717) is 23.8 Å². The predicted molar refractivity (Wildman–Crippen MR) is 64.7 cm³/mol. The Morgan fingerprint density at radius 3 is 3.06 bits per heavy atom. The second-order valence-corrected chi connectivity index (χ2v) is 4.75. The van der Waals surface area contributed by atoms with E-state index in [1.165, 1.54) is 0 Å². The zero-order valence-electron chi connectivity index (χ0n) is 9.76. The molecule has 0 bridgehead atoms. The van der Waals surface area contributed by atoms with E-state index in [1.54, 1.807) is 11.8 Å². The van der Waals surface area contributed by atoms with Crippen molar-refractivity contribution in [2.24, 2.45) is 5.73 Å². The number of rotatable bonds is 8. The highest BCUT2D eigenvalue weighted by atomic mass is 32.2. The lowest BCUT2D eigenvalue weighted by Crippen LogP contribution is -2.30. The number of nitrogens with zero attached hydrogens (tertiary/aromatic N) is 2. The molecule has 0 aromatic carbocycles. The Balaban J connectivity index is 2.19. The summed E-state index contributed by atoms with van der Waals surface area (Å²) in [6.45, 7) is 2.05. The van der Waals surface area contributed by atoms with Crippen molar-refractivity contribution < 1.29 is 14.4 Å². The van der Waals surface area contributed by atoms with Gasteiger partial charge < -0.3 is 15.4 Å². The van der Waals surface area contributed by atoms with Gasteiger partial charge in [0.05, 0.1) is 5.75 Å². The van der Waals surface area contributed by atoms with Crippen LogP contribution in [0, 0.1) is 0 Å². The molecule has 96 valence electrons. The Kier molecular flexibility index (Phi) is 5.99. The SMILES string of the molecule is CCCc1noc(CSCCC(N)C(=O)O)n1. The molecule has 1 rings (SSSR count). The number of hydrogen-bond donors (Lipinski definition) is 2. The summed E-state index contributed by atoms with van der Waals surface area (Å²) in [7, 11) is 0. The lowest BCUT2D eigenvalue weighted by molar-refractivity contribution is -0.138. The molecule has 7 heteroatoms. The van der Waals surface area contributed by atoms with Gasteiger partial charge in [0.2, 0.25) is 5.89 Å². The number of aliphatic carboxylic acids is 1. The fourth-order valence-corrected chi connectivity index (χ4v) is 2.02. The molecule has 0 aliphatic rings. The maximum absolute atomic E-state index is 10.5. The van der Waals surface area contributed by atoms with Crippen LogP contribution in [0.15, 0.2) is 4.52 Å². The normalized spacial score (nSPS) is 12.6. The van der Waals surface area contributed by atoms with Gasteiger partial charge in [-0.1, -0.05) is 12.1 Å². The van der Waals surface area contributed by atoms with Crippen molar-refractivity contribution >= 4 is 17.7 Å². The molecule has 0 amide bonds. The average Bonchev–Trinajstić information content (AvgIpc) is 2.72. The van der Waals surface area contributed by atoms with Crippen LogP contribution >= 0.6 is 11.8 Å². The molecule has 1 heterocycles. The highest BCUT2D eigenvalue weighted by Gasteiger charge is 2.11. The van der Waals surface area contributed by atoms with Crippen LogP contribution in [-0.2, 0) is 17.0 Å². The zero-order valence-corrected chi connectivity index (χ0v) is 10.6. The molecule has 0 saturated carbocycles. The van der Waals surface area contributed by atoms with Crippen molar-refractivity contribution in [1.29, 1.82) is 0 Å². The summed E-state index contributed by atoms with van der Waals surface area (Å²) in [6, 6.07) is -0.791. The van der Waals surface area contributed by atoms with Crippen LogP contribution in [-0.4, -0.2) is 33.0 Å². The molecule has 0 saturated heterocycles. The number of aromatic nitrogens is 2. The molecule has 0 spiro atoms. The second-order valence-electron chi connectivity index (χ2n) is 3.64. The minimum atomic E-state index is -0.964. The largest absolute Gasteiger partial charge is 0.480 e. The van der Waals surface area contributed by atoms with Crippen LogP contribution in [0.25, 0.3) is 0 Å². The number of thioether (sulfide) groups is 1. The first-order valence-electron chi connectivity index (χ1n) is 5.51. The molecule has 0 fully saturated rings. The Bertz CT molecular complexity index is 356. The fraction of sp³-hybridized carbons (Fsp3) is 0.700. The minimum absolute atomic E-state index is 0.440. The number of hydrogen-bond acceptors (Lipinski definition) is 6. The lowest BCUT2D eigenvalue weighted by atomic mass is 10.2. The first kappa shape index (κ1) is 14.0. The van der Waals surface area contributed by atoms with Crippen molar-refractivity contribution in [3.63, 3.8) is 0 Å². The van der Waals surface area contributed by atoms with Gasteiger partial charge in [-0.25, -0.2) is 0 Å². The molecular weight excluding hydrogens is 242 g/mol. The standard InChI is InChI=1S/C10H17N3O3S/c1-2-3-8-12-9(16-13-8)6-17-5-4-7(11)10(14)15/h7H,2-6,11H2,1H3,(H,14,15). The molecule has 0 aliphatic heterocycles. The quantitative estimate of drug-likeness (QED) is 0.673. The van der Waals surface area contributed by atoms with E-state index in [1.807, 2.05) is 0 Å². The van der Waals surface area contributed by atoms with E-state index < -0.39 is 12.0 Å². The van der Waals surface area contributed by atoms with Crippen LogP contribution in [0.5, 0.6) is 0 Å². The van der Waals surface area contributed by atoms with Gasteiger partial charge >= 0.3 is 5.97 Å². The topological polar surface area (TPSA) is 102 Å². The van der Waals surface area contributed by atoms with Crippen LogP contribution in [0.3, 0.4) is 0 Å². The first-order chi connectivity index (χ1) is 8.13. The van der Waals surface area contributed by atoms with Crippen molar-refractivity contribution in [3.8, 4) is 0 Å². The maximum Gasteiger partial charge on any atom is 0.320 e. The van der Waals surface area contributed by atoms with Crippen molar-refractivity contribution in [2.75, 3.05) is 5.75 Å². The minimum Gasteiger partial charge on any atom is -0.480 e. The van der Waals surface area contributed by atoms with Crippen LogP contribution in [0.4, 0.5) is 0 Å². The van der Waals surface area contributed by atoms with Gasteiger partial charge in [0.15, 0.2) is 5.82 Å². The third-order valence-electron chi connectivity index (χ3n) is 2.10. The van der Waals surface area contributed by atoms with Crippen LogP contribution in [0.2, 0.25) is 0 Å². The van der Waals surface area contributed by atoms with Gasteiger partial charge in [-0.3, -0.25) is 4.79 Å². The third-order valence-corrected chi connectivity index (χ3v) is 3.08. The Labute approximate surface area is 104 Å². The Hall–Kier alpha value is -1.08. The number of carboxylic acid groups (broad SMARTS) is 1. The van der Waals surface area contributed by atoms with Crippen molar-refractivity contribution in [3.05, 3.63) is 11.7 Å². The molecule has 0 aliphatic carbocycles. The summed E-state index contributed by atoms with van der Waals surface area (Å²) in [5.41, 5.74) is 5.38. The van der Waals surface area contributed by atoms with E-state index in [-0.39, 0.29) is 0 Å². The summed E-state index contributed by atoms with van der Waals surface area (Å²) in [5.74, 6) is 1.61. The molecule has 1 aromatic heterocycles. The Morgan fingerprint density at radius 2 is 2.41 bits per heavy atom. The molecule has 0 radical (unpaired) electrons. The maximum atomic E-state index is 10.5. The molecule has 1 unspecified atom stereocenters. The van der Waals surface area contributed by atoms with E-state index in [4.69, 9.17) is 15.4 Å². The van der Waals surface area contributed by atoms with E-state index >= 15 is 0 Å². The van der Waals surface area contributed by atoms with E-state index in [9.17, 15) is 4.79 Å². The first-order valence-corrected chi connectivity index (χ1v) is 6.66. The van der Waals surface area contributed by atoms with E-state index in [2.05, 4.69) is 17.1 Å². The summed E-state index contributed by atoms with van der Waals surface area (Å²) < 4.78 is 5.04. The van der Waals surface area contributed by atoms with Crippen molar-refractivity contribution in [2.45, 2.75) is 38.0 Å². The summed E-state index contributed by atoms with van der Waals surface area (Å²) in [5, 5.41) is 12.4. The lowest BCUT2D eigenvalue weighted by Gasteiger charge is -2.03. The van der Waals surface area contributed by atoms with E-state index in [0.717, 1.165) is 18.7 Å². The zero-order chi connectivity index (χ0) is 12.7. The van der Waals surface area contributed by atoms with Crippen molar-refractivity contribution in [1.82, 2.24) is 10.1 Å². The molecule has 6 nitrogen and oxygen atoms in total. The average molecular weight is 259 g/mol. The van der Waals surface area contributed by atoms with Gasteiger partial charge in [-0.05, 0) is 18.6 Å². The van der Waals surface area contributed by atoms with Crippen LogP contribution < -0.4 is 5.73 Å². The number of nitrogens with two attached hydrogens (primary N) is 1. The van der Waals surface area contributed by atoms with Gasteiger partial charge in [0.1, 0.15) is 6.04 Å². The van der Waals surface area contributed by atoms with Gasteiger partial charge in [0, 0.05) is 6.42 Å². The summed E-state index contributed by atoms with van der Waals surface area (Å²) in [4.78, 5) is 14.7. The molecule has 3 N–H and O–H groups in total. The number of carboxylic acids is 1. The van der Waals surface area contributed by atoms with Gasteiger partial charge in [-0.2, -0.15) is 16.7 Å². The highest BCUT2D eigenvalue weighted by molar-refractivity contribution is 7.98. The third kappa shape index (κ3) is 5.18. The smallest absolute Gasteiger partial charge is 0.320 e. The number of carbonyl (C=O) groups is 1. The summed E-state index contributed by atoms with van der Waals surface area (Å²) in [6.07, 6.45) is 2.24. The van der Waals surface area contributed by atoms with Gasteiger partial charge in [0.25, 0.3) is 0 Å². The molecule has 17 heavy (non-hydrogen) atoms. The Morgan fingerprint density at radius 1 is 1.65 bits per heavy atom. The molecule has 1 atom stereocenters. The highest BCUT2D eigenvalue weighted by Crippen LogP contribution is 2.12.